The van der Waals surface area contributed by atoms with Crippen molar-refractivity contribution in [1.82, 2.24) is 5.32 Å². The van der Waals surface area contributed by atoms with Crippen LogP contribution >= 0.6 is 0 Å². The quantitative estimate of drug-likeness (QED) is 0.813. The molecule has 1 aliphatic heterocycles. The Morgan fingerprint density at radius 2 is 1.65 bits per heavy atom. The highest BCUT2D eigenvalue weighted by Gasteiger charge is 2.21. The van der Waals surface area contributed by atoms with Gasteiger partial charge in [0.2, 0.25) is 5.91 Å². The smallest absolute Gasteiger partial charge is 0.337 e. The van der Waals surface area contributed by atoms with E-state index in [1.165, 1.54) is 32.4 Å². The number of nitrogens with one attached hydrogen (secondary N) is 2. The number of carbonyl (C=O) groups excluding carboxylic acids is 3. The third kappa shape index (κ3) is 4.29. The van der Waals surface area contributed by atoms with Gasteiger partial charge < -0.3 is 20.1 Å². The summed E-state index contributed by atoms with van der Waals surface area (Å²) in [6.07, 6.45) is 2.79. The minimum Gasteiger partial charge on any atom is -0.465 e. The number of anilines is 1. The van der Waals surface area contributed by atoms with Crippen LogP contribution in [0.1, 0.15) is 40.0 Å². The number of hydrogen-bond acceptors (Lipinski definition) is 6. The number of carbonyl (C=O) groups is 3. The molecular weight excluding hydrogens is 300 g/mol. The van der Waals surface area contributed by atoms with E-state index in [4.69, 9.17) is 0 Å². The molecule has 1 aliphatic rings. The molecule has 0 aromatic heterocycles. The first-order valence-electron chi connectivity index (χ1n) is 7.41. The van der Waals surface area contributed by atoms with E-state index in [9.17, 15) is 14.4 Å². The van der Waals surface area contributed by atoms with Gasteiger partial charge in [0.1, 0.15) is 0 Å². The van der Waals surface area contributed by atoms with E-state index < -0.39 is 11.9 Å². The summed E-state index contributed by atoms with van der Waals surface area (Å²) in [7, 11) is 2.49. The molecule has 0 spiro atoms. The van der Waals surface area contributed by atoms with Gasteiger partial charge >= 0.3 is 11.9 Å². The van der Waals surface area contributed by atoms with Gasteiger partial charge in [-0.05, 0) is 37.6 Å². The Balaban J connectivity index is 2.23. The Labute approximate surface area is 134 Å². The fourth-order valence-electron chi connectivity index (χ4n) is 2.48. The molecular formula is C16H20N2O5. The van der Waals surface area contributed by atoms with Crippen LogP contribution in [0.3, 0.4) is 0 Å². The summed E-state index contributed by atoms with van der Waals surface area (Å²) in [5, 5.41) is 5.87. The Morgan fingerprint density at radius 3 is 2.13 bits per heavy atom. The van der Waals surface area contributed by atoms with Crippen molar-refractivity contribution in [2.75, 3.05) is 26.1 Å². The summed E-state index contributed by atoms with van der Waals surface area (Å²) in [6, 6.07) is 4.04. The molecule has 1 atom stereocenters. The molecule has 1 aromatic rings. The van der Waals surface area contributed by atoms with Crippen LogP contribution in [0, 0.1) is 0 Å². The zero-order valence-electron chi connectivity index (χ0n) is 13.2. The maximum atomic E-state index is 12.3. The predicted octanol–water partition coefficient (Wildman–Crippen LogP) is 1.34. The summed E-state index contributed by atoms with van der Waals surface area (Å²) in [5.41, 5.74) is 0.690. The fraction of sp³-hybridized carbons (Fsp3) is 0.438. The number of rotatable bonds is 4. The molecule has 0 bridgehead atoms. The first-order chi connectivity index (χ1) is 11.0. The lowest BCUT2D eigenvalue weighted by Crippen LogP contribution is -2.43. The number of esters is 2. The van der Waals surface area contributed by atoms with Crippen LogP contribution in [0.5, 0.6) is 0 Å². The van der Waals surface area contributed by atoms with Crippen LogP contribution < -0.4 is 10.6 Å². The molecule has 23 heavy (non-hydrogen) atoms. The van der Waals surface area contributed by atoms with Gasteiger partial charge in [-0.3, -0.25) is 4.79 Å². The number of benzene rings is 1. The number of amides is 1. The second-order valence-corrected chi connectivity index (χ2v) is 5.27. The molecule has 124 valence electrons. The molecule has 0 unspecified atom stereocenters. The van der Waals surface area contributed by atoms with E-state index in [1.54, 1.807) is 0 Å². The summed E-state index contributed by atoms with van der Waals surface area (Å²) in [4.78, 5) is 35.7. The van der Waals surface area contributed by atoms with Gasteiger partial charge in [-0.25, -0.2) is 9.59 Å². The minimum atomic E-state index is -0.595. The third-order valence-corrected chi connectivity index (χ3v) is 3.67. The van der Waals surface area contributed by atoms with Crippen LogP contribution in [0.4, 0.5) is 5.69 Å². The van der Waals surface area contributed by atoms with Crippen molar-refractivity contribution in [3.63, 3.8) is 0 Å². The van der Waals surface area contributed by atoms with E-state index in [0.29, 0.717) is 5.69 Å². The normalized spacial score (nSPS) is 17.2. The summed E-state index contributed by atoms with van der Waals surface area (Å²) in [6.45, 7) is 0.799. The molecule has 0 radical (unpaired) electrons. The van der Waals surface area contributed by atoms with Crippen molar-refractivity contribution in [3.05, 3.63) is 29.3 Å². The Kier molecular flexibility index (Phi) is 5.70. The van der Waals surface area contributed by atoms with Crippen LogP contribution in [0.2, 0.25) is 0 Å². The molecule has 0 aliphatic carbocycles. The van der Waals surface area contributed by atoms with Crippen LogP contribution in [-0.2, 0) is 14.3 Å². The summed E-state index contributed by atoms with van der Waals surface area (Å²) < 4.78 is 9.33. The summed E-state index contributed by atoms with van der Waals surface area (Å²) in [5.74, 6) is -1.38. The molecule has 1 fully saturated rings. The van der Waals surface area contributed by atoms with Crippen molar-refractivity contribution < 1.29 is 23.9 Å². The maximum absolute atomic E-state index is 12.3. The monoisotopic (exact) mass is 320 g/mol. The first-order valence-corrected chi connectivity index (χ1v) is 7.41. The molecule has 1 heterocycles. The lowest BCUT2D eigenvalue weighted by Gasteiger charge is -2.22. The zero-order valence-corrected chi connectivity index (χ0v) is 13.2. The van der Waals surface area contributed by atoms with Gasteiger partial charge in [0.15, 0.2) is 0 Å². The fourth-order valence-corrected chi connectivity index (χ4v) is 2.48. The van der Waals surface area contributed by atoms with E-state index in [1.807, 2.05) is 0 Å². The van der Waals surface area contributed by atoms with Crippen molar-refractivity contribution in [1.29, 1.82) is 0 Å². The van der Waals surface area contributed by atoms with E-state index in [0.717, 1.165) is 25.8 Å². The van der Waals surface area contributed by atoms with Crippen molar-refractivity contribution in [2.45, 2.75) is 25.3 Å². The Bertz CT molecular complexity index is 574. The molecule has 1 saturated heterocycles. The third-order valence-electron chi connectivity index (χ3n) is 3.67. The van der Waals surface area contributed by atoms with Gasteiger partial charge in [0, 0.05) is 5.69 Å². The highest BCUT2D eigenvalue weighted by Crippen LogP contribution is 2.18. The number of hydrogen-bond donors (Lipinski definition) is 2. The van der Waals surface area contributed by atoms with Crippen LogP contribution in [0.15, 0.2) is 18.2 Å². The van der Waals surface area contributed by atoms with Crippen molar-refractivity contribution in [2.24, 2.45) is 0 Å². The van der Waals surface area contributed by atoms with E-state index in [-0.39, 0.29) is 23.1 Å². The minimum absolute atomic E-state index is 0.169. The van der Waals surface area contributed by atoms with Crippen molar-refractivity contribution >= 4 is 23.5 Å². The number of piperidine rings is 1. The second-order valence-electron chi connectivity index (χ2n) is 5.27. The van der Waals surface area contributed by atoms with E-state index in [2.05, 4.69) is 20.1 Å². The van der Waals surface area contributed by atoms with E-state index >= 15 is 0 Å². The molecule has 2 N–H and O–H groups in total. The predicted molar refractivity (Wildman–Crippen MR) is 83.4 cm³/mol. The molecule has 1 aromatic carbocycles. The molecule has 7 heteroatoms. The molecule has 7 nitrogen and oxygen atoms in total. The molecule has 2 rings (SSSR count). The second kappa shape index (κ2) is 7.73. The van der Waals surface area contributed by atoms with Crippen LogP contribution in [-0.4, -0.2) is 44.7 Å². The van der Waals surface area contributed by atoms with Gasteiger partial charge in [0.05, 0.1) is 31.4 Å². The number of ether oxygens (including phenoxy) is 2. The molecule has 0 saturated carbocycles. The van der Waals surface area contributed by atoms with Crippen molar-refractivity contribution in [3.8, 4) is 0 Å². The highest BCUT2D eigenvalue weighted by atomic mass is 16.5. The van der Waals surface area contributed by atoms with Gasteiger partial charge in [-0.15, -0.1) is 0 Å². The Hall–Kier alpha value is -2.41. The maximum Gasteiger partial charge on any atom is 0.337 e. The zero-order chi connectivity index (χ0) is 16.8. The van der Waals surface area contributed by atoms with Gasteiger partial charge in [-0.1, -0.05) is 6.42 Å². The SMILES string of the molecule is COC(=O)c1cc(NC(=O)[C@H]2CCCCN2)cc(C(=O)OC)c1. The number of methoxy groups -OCH3 is 2. The lowest BCUT2D eigenvalue weighted by molar-refractivity contribution is -0.118. The average Bonchev–Trinajstić information content (AvgIpc) is 2.60. The average molecular weight is 320 g/mol. The van der Waals surface area contributed by atoms with Gasteiger partial charge in [0.25, 0.3) is 0 Å². The topological polar surface area (TPSA) is 93.7 Å². The Morgan fingerprint density at radius 1 is 1.04 bits per heavy atom. The van der Waals surface area contributed by atoms with Crippen LogP contribution in [0.25, 0.3) is 0 Å². The molecule has 1 amide bonds. The highest BCUT2D eigenvalue weighted by molar-refractivity contribution is 6.00. The lowest BCUT2D eigenvalue weighted by atomic mass is 10.0. The first kappa shape index (κ1) is 17.0. The summed E-state index contributed by atoms with van der Waals surface area (Å²) >= 11 is 0. The standard InChI is InChI=1S/C16H20N2O5/c1-22-15(20)10-7-11(16(21)23-2)9-12(8-10)18-14(19)13-5-3-4-6-17-13/h7-9,13,17H,3-6H2,1-2H3,(H,18,19)/t13-/m1/s1. The largest absolute Gasteiger partial charge is 0.465 e. The van der Waals surface area contributed by atoms with Gasteiger partial charge in [-0.2, -0.15) is 0 Å².